The summed E-state index contributed by atoms with van der Waals surface area (Å²) in [6.07, 6.45) is 0. The number of ether oxygens (including phenoxy) is 2. The molecule has 1 saturated heterocycles. The molecule has 21 heavy (non-hydrogen) atoms. The molecule has 3 rings (SSSR count). The summed E-state index contributed by atoms with van der Waals surface area (Å²) in [5.41, 5.74) is 1.44. The molecule has 3 atom stereocenters. The second kappa shape index (κ2) is 5.02. The van der Waals surface area contributed by atoms with Crippen LogP contribution in [0.5, 0.6) is 5.75 Å². The second-order valence-corrected chi connectivity index (χ2v) is 6.70. The average Bonchev–Trinajstić information content (AvgIpc) is 2.85. The maximum atomic E-state index is 12.2. The third kappa shape index (κ3) is 2.31. The van der Waals surface area contributed by atoms with Crippen LogP contribution in [0.3, 0.4) is 0 Å². The van der Waals surface area contributed by atoms with Crippen LogP contribution in [0.25, 0.3) is 0 Å². The van der Waals surface area contributed by atoms with Crippen LogP contribution in [0.4, 0.5) is 0 Å². The number of likely N-dealkylation sites (tertiary alicyclic amines) is 1. The number of piperidine rings is 1. The van der Waals surface area contributed by atoms with Crippen LogP contribution in [0.2, 0.25) is 0 Å². The van der Waals surface area contributed by atoms with Gasteiger partial charge >= 0.3 is 5.97 Å². The number of rotatable bonds is 4. The van der Waals surface area contributed by atoms with E-state index in [0.29, 0.717) is 11.8 Å². The summed E-state index contributed by atoms with van der Waals surface area (Å²) >= 11 is 0. The van der Waals surface area contributed by atoms with E-state index < -0.39 is 0 Å². The Morgan fingerprint density at radius 3 is 2.81 bits per heavy atom. The van der Waals surface area contributed by atoms with Crippen LogP contribution in [-0.2, 0) is 16.1 Å². The fourth-order valence-electron chi connectivity index (χ4n) is 3.94. The van der Waals surface area contributed by atoms with Gasteiger partial charge < -0.3 is 9.47 Å². The van der Waals surface area contributed by atoms with Gasteiger partial charge in [0.05, 0.1) is 14.2 Å². The first-order valence-electron chi connectivity index (χ1n) is 7.44. The van der Waals surface area contributed by atoms with Crippen molar-refractivity contribution in [2.45, 2.75) is 26.4 Å². The molecule has 114 valence electrons. The minimum absolute atomic E-state index is 0.101. The summed E-state index contributed by atoms with van der Waals surface area (Å²) in [6.45, 7) is 6.23. The monoisotopic (exact) mass is 289 g/mol. The summed E-state index contributed by atoms with van der Waals surface area (Å²) in [7, 11) is 3.15. The van der Waals surface area contributed by atoms with Crippen molar-refractivity contribution >= 4 is 5.97 Å². The number of benzene rings is 1. The van der Waals surface area contributed by atoms with Crippen molar-refractivity contribution in [3.05, 3.63) is 29.8 Å². The largest absolute Gasteiger partial charge is 0.497 e. The van der Waals surface area contributed by atoms with Gasteiger partial charge in [-0.2, -0.15) is 0 Å². The number of nitrogens with zero attached hydrogens (tertiary/aromatic N) is 1. The topological polar surface area (TPSA) is 38.8 Å². The van der Waals surface area contributed by atoms with Crippen LogP contribution < -0.4 is 4.74 Å². The van der Waals surface area contributed by atoms with Gasteiger partial charge in [-0.25, -0.2) is 0 Å². The number of esters is 1. The van der Waals surface area contributed by atoms with E-state index in [4.69, 9.17) is 9.47 Å². The highest BCUT2D eigenvalue weighted by Crippen LogP contribution is 2.65. The lowest BCUT2D eigenvalue weighted by molar-refractivity contribution is -0.147. The van der Waals surface area contributed by atoms with E-state index in [0.717, 1.165) is 18.8 Å². The van der Waals surface area contributed by atoms with Crippen LogP contribution in [0.15, 0.2) is 24.3 Å². The van der Waals surface area contributed by atoms with Gasteiger partial charge in [-0.3, -0.25) is 9.69 Å². The third-order valence-electron chi connectivity index (χ3n) is 5.27. The molecule has 1 aliphatic carbocycles. The van der Waals surface area contributed by atoms with Gasteiger partial charge in [0.2, 0.25) is 0 Å². The average molecular weight is 289 g/mol. The van der Waals surface area contributed by atoms with Gasteiger partial charge in [0.25, 0.3) is 0 Å². The number of carbonyl (C=O) groups is 1. The number of fused-ring (bicyclic) bond motifs is 1. The zero-order chi connectivity index (χ0) is 15.2. The zero-order valence-corrected chi connectivity index (χ0v) is 13.1. The van der Waals surface area contributed by atoms with Crippen molar-refractivity contribution in [1.29, 1.82) is 0 Å². The Balaban J connectivity index is 1.77. The van der Waals surface area contributed by atoms with E-state index in [2.05, 4.69) is 24.8 Å². The van der Waals surface area contributed by atoms with E-state index in [9.17, 15) is 4.79 Å². The summed E-state index contributed by atoms with van der Waals surface area (Å²) < 4.78 is 10.3. The summed E-state index contributed by atoms with van der Waals surface area (Å²) in [5.74, 6) is 1.78. The summed E-state index contributed by atoms with van der Waals surface area (Å²) in [6, 6.07) is 7.92. The van der Waals surface area contributed by atoms with Crippen LogP contribution >= 0.6 is 0 Å². The van der Waals surface area contributed by atoms with E-state index in [-0.39, 0.29) is 17.4 Å². The maximum Gasteiger partial charge on any atom is 0.323 e. The molecule has 0 spiro atoms. The molecular weight excluding hydrogens is 266 g/mol. The van der Waals surface area contributed by atoms with Crippen molar-refractivity contribution in [3.63, 3.8) is 0 Å². The quantitative estimate of drug-likeness (QED) is 0.797. The number of hydrogen-bond acceptors (Lipinski definition) is 4. The molecule has 1 aromatic carbocycles. The highest BCUT2D eigenvalue weighted by molar-refractivity contribution is 5.77. The Bertz CT molecular complexity index is 555. The predicted molar refractivity (Wildman–Crippen MR) is 80.0 cm³/mol. The molecule has 1 saturated carbocycles. The van der Waals surface area contributed by atoms with E-state index in [1.807, 2.05) is 18.2 Å². The van der Waals surface area contributed by atoms with Crippen LogP contribution in [0, 0.1) is 17.3 Å². The number of carbonyl (C=O) groups excluding carboxylic acids is 1. The van der Waals surface area contributed by atoms with E-state index in [1.165, 1.54) is 12.7 Å². The highest BCUT2D eigenvalue weighted by Gasteiger charge is 2.68. The molecule has 0 radical (unpaired) electrons. The summed E-state index contributed by atoms with van der Waals surface area (Å²) in [4.78, 5) is 14.4. The molecule has 4 heteroatoms. The Morgan fingerprint density at radius 1 is 1.38 bits per heavy atom. The van der Waals surface area contributed by atoms with Gasteiger partial charge in [-0.1, -0.05) is 26.0 Å². The number of hydrogen-bond donors (Lipinski definition) is 0. The molecule has 2 fully saturated rings. The van der Waals surface area contributed by atoms with Crippen molar-refractivity contribution < 1.29 is 14.3 Å². The Labute approximate surface area is 126 Å². The Morgan fingerprint density at radius 2 is 2.14 bits per heavy atom. The first kappa shape index (κ1) is 14.4. The zero-order valence-electron chi connectivity index (χ0n) is 13.1. The third-order valence-corrected chi connectivity index (χ3v) is 5.27. The minimum Gasteiger partial charge on any atom is -0.497 e. The lowest BCUT2D eigenvalue weighted by Crippen LogP contribution is -2.42. The molecule has 1 aliphatic heterocycles. The van der Waals surface area contributed by atoms with Crippen molar-refractivity contribution in [1.82, 2.24) is 4.90 Å². The standard InChI is InChI=1S/C17H23NO3/c1-17(2)13-10-18(15(14(13)17)16(19)21-4)9-11-6-5-7-12(8-11)20-3/h5-8,13-15H,9-10H2,1-4H3. The number of methoxy groups -OCH3 is 2. The molecule has 4 nitrogen and oxygen atoms in total. The van der Waals surface area contributed by atoms with Crippen molar-refractivity contribution in [3.8, 4) is 5.75 Å². The van der Waals surface area contributed by atoms with Crippen molar-refractivity contribution in [2.75, 3.05) is 20.8 Å². The Hall–Kier alpha value is -1.55. The van der Waals surface area contributed by atoms with E-state index >= 15 is 0 Å². The molecule has 0 aromatic heterocycles. The fourth-order valence-corrected chi connectivity index (χ4v) is 3.94. The lowest BCUT2D eigenvalue weighted by atomic mass is 10.0. The fraction of sp³-hybridized carbons (Fsp3) is 0.588. The molecule has 3 unspecified atom stereocenters. The van der Waals surface area contributed by atoms with Gasteiger partial charge in [-0.05, 0) is 34.9 Å². The second-order valence-electron chi connectivity index (χ2n) is 6.70. The first-order valence-corrected chi connectivity index (χ1v) is 7.44. The minimum atomic E-state index is -0.110. The highest BCUT2D eigenvalue weighted by atomic mass is 16.5. The van der Waals surface area contributed by atoms with Gasteiger partial charge in [0.1, 0.15) is 11.8 Å². The molecule has 0 bridgehead atoms. The van der Waals surface area contributed by atoms with Crippen molar-refractivity contribution in [2.24, 2.45) is 17.3 Å². The maximum absolute atomic E-state index is 12.2. The lowest BCUT2D eigenvalue weighted by Gasteiger charge is -2.28. The SMILES string of the molecule is COC(=O)C1C2C(CN1Cc1cccc(OC)c1)C2(C)C. The van der Waals surface area contributed by atoms with Gasteiger partial charge in [0.15, 0.2) is 0 Å². The smallest absolute Gasteiger partial charge is 0.323 e. The summed E-state index contributed by atoms with van der Waals surface area (Å²) in [5, 5.41) is 0. The van der Waals surface area contributed by atoms with E-state index in [1.54, 1.807) is 7.11 Å². The van der Waals surface area contributed by atoms with Gasteiger partial charge in [-0.15, -0.1) is 0 Å². The molecular formula is C17H23NO3. The van der Waals surface area contributed by atoms with Crippen LogP contribution in [-0.4, -0.2) is 37.7 Å². The molecule has 0 amide bonds. The predicted octanol–water partition coefficient (Wildman–Crippen LogP) is 2.32. The Kier molecular flexibility index (Phi) is 3.44. The van der Waals surface area contributed by atoms with Gasteiger partial charge in [0, 0.05) is 13.1 Å². The molecule has 2 aliphatic rings. The molecule has 1 heterocycles. The molecule has 1 aromatic rings. The normalized spacial score (nSPS) is 29.8. The first-order chi connectivity index (χ1) is 9.98. The van der Waals surface area contributed by atoms with Crippen LogP contribution in [0.1, 0.15) is 19.4 Å². The molecule has 0 N–H and O–H groups in total.